The lowest BCUT2D eigenvalue weighted by Crippen LogP contribution is -2.31. The molecule has 0 aliphatic rings. The summed E-state index contributed by atoms with van der Waals surface area (Å²) in [5.74, 6) is -2.55. The first-order chi connectivity index (χ1) is 16.1. The average Bonchev–Trinajstić information content (AvgIpc) is 3.27. The SMILES string of the molecule is CCN(CC)S(=O)(=O)c1cc(C(=O)OCC(=O)Nc2nc(-c3ccc(C)cc3)cs2)ccc1F. The second kappa shape index (κ2) is 10.9. The van der Waals surface area contributed by atoms with Crippen molar-refractivity contribution in [3.63, 3.8) is 0 Å². The molecule has 0 spiro atoms. The van der Waals surface area contributed by atoms with Gasteiger partial charge in [0.25, 0.3) is 5.91 Å². The lowest BCUT2D eigenvalue weighted by atomic mass is 10.1. The van der Waals surface area contributed by atoms with Crippen molar-refractivity contribution >= 4 is 38.4 Å². The average molecular weight is 506 g/mol. The number of benzene rings is 2. The topological polar surface area (TPSA) is 106 Å². The molecule has 0 unspecified atom stereocenters. The Kier molecular flexibility index (Phi) is 8.13. The molecule has 180 valence electrons. The predicted octanol–water partition coefficient (Wildman–Crippen LogP) is 4.08. The van der Waals surface area contributed by atoms with Crippen molar-refractivity contribution < 1.29 is 27.1 Å². The molecule has 1 amide bonds. The third-order valence-electron chi connectivity index (χ3n) is 4.92. The van der Waals surface area contributed by atoms with Gasteiger partial charge in [-0.3, -0.25) is 10.1 Å². The molecule has 8 nitrogen and oxygen atoms in total. The first-order valence-electron chi connectivity index (χ1n) is 10.4. The number of sulfonamides is 1. The van der Waals surface area contributed by atoms with E-state index in [0.29, 0.717) is 10.8 Å². The van der Waals surface area contributed by atoms with E-state index in [1.807, 2.05) is 31.2 Å². The Morgan fingerprint density at radius 2 is 1.79 bits per heavy atom. The number of carbonyl (C=O) groups is 2. The van der Waals surface area contributed by atoms with Gasteiger partial charge < -0.3 is 4.74 Å². The van der Waals surface area contributed by atoms with Crippen molar-refractivity contribution in [3.05, 3.63) is 64.8 Å². The van der Waals surface area contributed by atoms with Crippen molar-refractivity contribution in [2.45, 2.75) is 25.7 Å². The first kappa shape index (κ1) is 25.5. The van der Waals surface area contributed by atoms with Crippen LogP contribution in [0.1, 0.15) is 29.8 Å². The van der Waals surface area contributed by atoms with Gasteiger partial charge in [0.15, 0.2) is 11.7 Å². The van der Waals surface area contributed by atoms with E-state index in [1.165, 1.54) is 11.3 Å². The van der Waals surface area contributed by atoms with Gasteiger partial charge in [-0.25, -0.2) is 22.6 Å². The molecule has 0 saturated heterocycles. The molecule has 1 N–H and O–H groups in total. The van der Waals surface area contributed by atoms with Crippen LogP contribution in [-0.2, 0) is 19.6 Å². The van der Waals surface area contributed by atoms with Crippen molar-refractivity contribution in [3.8, 4) is 11.3 Å². The van der Waals surface area contributed by atoms with Crippen LogP contribution in [0.25, 0.3) is 11.3 Å². The first-order valence-corrected chi connectivity index (χ1v) is 12.8. The zero-order chi connectivity index (χ0) is 24.9. The van der Waals surface area contributed by atoms with Crippen LogP contribution in [0.3, 0.4) is 0 Å². The molecular formula is C23H24FN3O5S2. The number of nitrogens with zero attached hydrogens (tertiary/aromatic N) is 2. The summed E-state index contributed by atoms with van der Waals surface area (Å²) in [6.45, 7) is 4.91. The molecule has 2 aromatic carbocycles. The Labute approximate surface area is 201 Å². The zero-order valence-corrected chi connectivity index (χ0v) is 20.5. The van der Waals surface area contributed by atoms with Gasteiger partial charge in [0.1, 0.15) is 10.7 Å². The van der Waals surface area contributed by atoms with Crippen LogP contribution in [0.5, 0.6) is 0 Å². The van der Waals surface area contributed by atoms with Gasteiger partial charge in [-0.15, -0.1) is 11.3 Å². The fourth-order valence-corrected chi connectivity index (χ4v) is 5.37. The molecule has 3 rings (SSSR count). The van der Waals surface area contributed by atoms with Crippen LogP contribution < -0.4 is 5.32 Å². The third-order valence-corrected chi connectivity index (χ3v) is 7.74. The molecule has 0 radical (unpaired) electrons. The quantitative estimate of drug-likeness (QED) is 0.439. The highest BCUT2D eigenvalue weighted by atomic mass is 32.2. The van der Waals surface area contributed by atoms with E-state index in [2.05, 4.69) is 10.3 Å². The summed E-state index contributed by atoms with van der Waals surface area (Å²) >= 11 is 1.22. The van der Waals surface area contributed by atoms with Crippen LogP contribution >= 0.6 is 11.3 Å². The summed E-state index contributed by atoms with van der Waals surface area (Å²) in [4.78, 5) is 28.3. The highest BCUT2D eigenvalue weighted by Crippen LogP contribution is 2.25. The third kappa shape index (κ3) is 5.85. The van der Waals surface area contributed by atoms with Crippen molar-refractivity contribution in [2.75, 3.05) is 25.0 Å². The minimum Gasteiger partial charge on any atom is -0.452 e. The number of carbonyl (C=O) groups excluding carboxylic acids is 2. The van der Waals surface area contributed by atoms with E-state index in [1.54, 1.807) is 19.2 Å². The van der Waals surface area contributed by atoms with E-state index < -0.39 is 39.2 Å². The van der Waals surface area contributed by atoms with E-state index in [9.17, 15) is 22.4 Å². The fraction of sp³-hybridized carbons (Fsp3) is 0.261. The lowest BCUT2D eigenvalue weighted by Gasteiger charge is -2.19. The van der Waals surface area contributed by atoms with Crippen molar-refractivity contribution in [1.29, 1.82) is 0 Å². The largest absolute Gasteiger partial charge is 0.452 e. The maximum atomic E-state index is 14.2. The van der Waals surface area contributed by atoms with Gasteiger partial charge in [0, 0.05) is 24.0 Å². The minimum absolute atomic E-state index is 0.148. The second-order valence-electron chi connectivity index (χ2n) is 7.26. The van der Waals surface area contributed by atoms with Crippen LogP contribution in [0, 0.1) is 12.7 Å². The van der Waals surface area contributed by atoms with Gasteiger partial charge in [-0.2, -0.15) is 4.31 Å². The Hall–Kier alpha value is -3.15. The highest BCUT2D eigenvalue weighted by Gasteiger charge is 2.27. The van der Waals surface area contributed by atoms with E-state index in [0.717, 1.165) is 33.6 Å². The molecule has 0 saturated carbocycles. The summed E-state index contributed by atoms with van der Waals surface area (Å²) in [5.41, 5.74) is 2.54. The Bertz CT molecular complexity index is 1290. The predicted molar refractivity (Wildman–Crippen MR) is 128 cm³/mol. The van der Waals surface area contributed by atoms with E-state index in [4.69, 9.17) is 4.74 Å². The molecule has 0 aliphatic carbocycles. The molecule has 0 atom stereocenters. The second-order valence-corrected chi connectivity index (χ2v) is 10.0. The number of amides is 1. The summed E-state index contributed by atoms with van der Waals surface area (Å²) in [7, 11) is -4.12. The Morgan fingerprint density at radius 1 is 1.12 bits per heavy atom. The number of hydrogen-bond acceptors (Lipinski definition) is 7. The number of ether oxygens (including phenoxy) is 1. The summed E-state index contributed by atoms with van der Waals surface area (Å²) in [6, 6.07) is 10.7. The van der Waals surface area contributed by atoms with Gasteiger partial charge in [-0.05, 0) is 25.1 Å². The maximum Gasteiger partial charge on any atom is 0.338 e. The van der Waals surface area contributed by atoms with Gasteiger partial charge in [-0.1, -0.05) is 43.7 Å². The number of nitrogens with one attached hydrogen (secondary N) is 1. The number of aromatic nitrogens is 1. The monoisotopic (exact) mass is 505 g/mol. The van der Waals surface area contributed by atoms with Gasteiger partial charge >= 0.3 is 5.97 Å². The van der Waals surface area contributed by atoms with Crippen LogP contribution in [0.2, 0.25) is 0 Å². The number of aryl methyl sites for hydroxylation is 1. The van der Waals surface area contributed by atoms with E-state index in [-0.39, 0.29) is 18.7 Å². The summed E-state index contributed by atoms with van der Waals surface area (Å²) in [6.07, 6.45) is 0. The van der Waals surface area contributed by atoms with Crippen LogP contribution in [-0.4, -0.2) is 49.3 Å². The number of anilines is 1. The zero-order valence-electron chi connectivity index (χ0n) is 18.9. The van der Waals surface area contributed by atoms with Gasteiger partial charge in [0.2, 0.25) is 10.0 Å². The lowest BCUT2D eigenvalue weighted by molar-refractivity contribution is -0.119. The fourth-order valence-electron chi connectivity index (χ4n) is 3.09. The standard InChI is InChI=1S/C23H24FN3O5S2/c1-4-27(5-2)34(30,31)20-12-17(10-11-18(20)24)22(29)32-13-21(28)26-23-25-19(14-33-23)16-8-6-15(3)7-9-16/h6-12,14H,4-5,13H2,1-3H3,(H,25,26,28). The molecule has 11 heteroatoms. The number of hydrogen-bond donors (Lipinski definition) is 1. The minimum atomic E-state index is -4.12. The van der Waals surface area contributed by atoms with Crippen LogP contribution in [0.4, 0.5) is 9.52 Å². The number of esters is 1. The maximum absolute atomic E-state index is 14.2. The Balaban J connectivity index is 1.64. The number of halogens is 1. The smallest absolute Gasteiger partial charge is 0.338 e. The molecule has 3 aromatic rings. The molecule has 0 bridgehead atoms. The molecule has 1 heterocycles. The van der Waals surface area contributed by atoms with E-state index >= 15 is 0 Å². The number of rotatable bonds is 9. The Morgan fingerprint density at radius 3 is 2.44 bits per heavy atom. The highest BCUT2D eigenvalue weighted by molar-refractivity contribution is 7.89. The van der Waals surface area contributed by atoms with Crippen molar-refractivity contribution in [2.24, 2.45) is 0 Å². The molecule has 0 fully saturated rings. The van der Waals surface area contributed by atoms with Crippen molar-refractivity contribution in [1.82, 2.24) is 9.29 Å². The molecule has 34 heavy (non-hydrogen) atoms. The number of thiazole rings is 1. The van der Waals surface area contributed by atoms with Gasteiger partial charge in [0.05, 0.1) is 11.3 Å². The van der Waals surface area contributed by atoms with Crippen LogP contribution in [0.15, 0.2) is 52.7 Å². The summed E-state index contributed by atoms with van der Waals surface area (Å²) < 4.78 is 45.6. The molecule has 1 aromatic heterocycles. The summed E-state index contributed by atoms with van der Waals surface area (Å²) in [5, 5.41) is 4.69. The normalized spacial score (nSPS) is 11.4. The molecular weight excluding hydrogens is 481 g/mol. The molecule has 0 aliphatic heterocycles.